The van der Waals surface area contributed by atoms with Gasteiger partial charge in [-0.3, -0.25) is 4.79 Å². The van der Waals surface area contributed by atoms with Crippen molar-refractivity contribution in [3.05, 3.63) is 77.9 Å². The van der Waals surface area contributed by atoms with Gasteiger partial charge < -0.3 is 10.4 Å². The molecule has 0 aliphatic rings. The van der Waals surface area contributed by atoms with Gasteiger partial charge in [0.1, 0.15) is 0 Å². The highest BCUT2D eigenvalue weighted by atomic mass is 32.2. The highest BCUT2D eigenvalue weighted by Gasteiger charge is 2.19. The van der Waals surface area contributed by atoms with Crippen molar-refractivity contribution in [1.29, 1.82) is 0 Å². The zero-order valence-electron chi connectivity index (χ0n) is 17.2. The molecule has 0 bridgehead atoms. The number of carbonyl (C=O) groups is 1. The number of fused-ring (bicyclic) bond motifs is 1. The molecule has 1 amide bonds. The molecule has 0 aromatic heterocycles. The monoisotopic (exact) mass is 425 g/mol. The van der Waals surface area contributed by atoms with Gasteiger partial charge in [-0.05, 0) is 54.3 Å². The first-order chi connectivity index (χ1) is 14.3. The van der Waals surface area contributed by atoms with Crippen molar-refractivity contribution < 1.29 is 18.3 Å². The van der Waals surface area contributed by atoms with Crippen molar-refractivity contribution in [2.45, 2.75) is 42.9 Å². The summed E-state index contributed by atoms with van der Waals surface area (Å²) >= 11 is 0. The summed E-state index contributed by atoms with van der Waals surface area (Å²) in [6, 6.07) is 20.1. The van der Waals surface area contributed by atoms with Crippen LogP contribution in [-0.2, 0) is 21.1 Å². The third kappa shape index (κ3) is 5.07. The normalized spacial score (nSPS) is 12.8. The van der Waals surface area contributed by atoms with Crippen molar-refractivity contribution in [3.63, 3.8) is 0 Å². The summed E-state index contributed by atoms with van der Waals surface area (Å²) in [7, 11) is -3.32. The number of hydrogen-bond acceptors (Lipinski definition) is 4. The summed E-state index contributed by atoms with van der Waals surface area (Å²) < 4.78 is 24.3. The number of nitrogens with one attached hydrogen (secondary N) is 1. The smallest absolute Gasteiger partial charge is 0.224 e. The maximum atomic E-state index is 12.2. The molecule has 3 rings (SSSR count). The van der Waals surface area contributed by atoms with Gasteiger partial charge in [0.2, 0.25) is 5.91 Å². The van der Waals surface area contributed by atoms with Crippen LogP contribution in [0.1, 0.15) is 37.5 Å². The average molecular weight is 426 g/mol. The van der Waals surface area contributed by atoms with E-state index in [1.165, 1.54) is 0 Å². The molecule has 0 spiro atoms. The lowest BCUT2D eigenvalue weighted by molar-refractivity contribution is -0.120. The second kappa shape index (κ2) is 9.41. The van der Waals surface area contributed by atoms with Gasteiger partial charge in [-0.15, -0.1) is 0 Å². The fraction of sp³-hybridized carbons (Fsp3) is 0.292. The third-order valence-corrected chi connectivity index (χ3v) is 7.33. The van der Waals surface area contributed by atoms with Gasteiger partial charge in [-0.1, -0.05) is 54.6 Å². The minimum atomic E-state index is -3.32. The predicted octanol–water partition coefficient (Wildman–Crippen LogP) is 3.80. The maximum absolute atomic E-state index is 12.2. The van der Waals surface area contributed by atoms with Crippen LogP contribution in [-0.4, -0.2) is 31.2 Å². The standard InChI is InChI=1S/C24H27NO4S/c1-17(2)30(28,29)20-12-10-18(11-13-20)16-24(27)25-15-14-23(26)22-9-5-7-19-6-3-4-8-21(19)22/h3-13,17,23,26H,14-16H2,1-2H3,(H,25,27). The molecule has 3 aromatic rings. The summed E-state index contributed by atoms with van der Waals surface area (Å²) in [5.74, 6) is -0.167. The summed E-state index contributed by atoms with van der Waals surface area (Å²) in [5.41, 5.74) is 1.59. The Bertz CT molecular complexity index is 1120. The largest absolute Gasteiger partial charge is 0.388 e. The molecule has 2 N–H and O–H groups in total. The minimum Gasteiger partial charge on any atom is -0.388 e. The van der Waals surface area contributed by atoms with Crippen LogP contribution in [0.25, 0.3) is 10.8 Å². The van der Waals surface area contributed by atoms with Crippen LogP contribution in [0.2, 0.25) is 0 Å². The number of benzene rings is 3. The fourth-order valence-corrected chi connectivity index (χ4v) is 4.42. The Morgan fingerprint density at radius 1 is 0.967 bits per heavy atom. The Hall–Kier alpha value is -2.70. The molecular formula is C24H27NO4S. The lowest BCUT2D eigenvalue weighted by Gasteiger charge is -2.14. The molecule has 0 fully saturated rings. The number of aliphatic hydroxyl groups is 1. The second-order valence-corrected chi connectivity index (χ2v) is 10.1. The van der Waals surface area contributed by atoms with Crippen molar-refractivity contribution in [2.75, 3.05) is 6.54 Å². The zero-order valence-corrected chi connectivity index (χ0v) is 18.0. The quantitative estimate of drug-likeness (QED) is 0.575. The molecule has 30 heavy (non-hydrogen) atoms. The first-order valence-electron chi connectivity index (χ1n) is 10.0. The van der Waals surface area contributed by atoms with E-state index in [9.17, 15) is 18.3 Å². The molecular weight excluding hydrogens is 398 g/mol. The van der Waals surface area contributed by atoms with Gasteiger partial charge in [0.05, 0.1) is 22.7 Å². The molecule has 3 aromatic carbocycles. The highest BCUT2D eigenvalue weighted by Crippen LogP contribution is 2.25. The number of amides is 1. The average Bonchev–Trinajstić information content (AvgIpc) is 2.73. The molecule has 5 nitrogen and oxygen atoms in total. The molecule has 0 heterocycles. The first-order valence-corrected chi connectivity index (χ1v) is 11.6. The van der Waals surface area contributed by atoms with Crippen molar-refractivity contribution in [1.82, 2.24) is 5.32 Å². The minimum absolute atomic E-state index is 0.159. The fourth-order valence-electron chi connectivity index (χ4n) is 3.36. The van der Waals surface area contributed by atoms with E-state index in [1.807, 2.05) is 42.5 Å². The van der Waals surface area contributed by atoms with Crippen LogP contribution in [0, 0.1) is 0 Å². The number of sulfone groups is 1. The third-order valence-electron chi connectivity index (χ3n) is 5.16. The second-order valence-electron chi connectivity index (χ2n) is 7.64. The molecule has 0 radical (unpaired) electrons. The summed E-state index contributed by atoms with van der Waals surface area (Å²) in [6.45, 7) is 3.63. The summed E-state index contributed by atoms with van der Waals surface area (Å²) in [4.78, 5) is 12.5. The van der Waals surface area contributed by atoms with Crippen LogP contribution >= 0.6 is 0 Å². The molecule has 0 aliphatic heterocycles. The zero-order chi connectivity index (χ0) is 21.7. The topological polar surface area (TPSA) is 83.5 Å². The van der Waals surface area contributed by atoms with Crippen LogP contribution in [0.3, 0.4) is 0 Å². The Labute approximate surface area is 177 Å². The molecule has 0 aliphatic carbocycles. The Kier molecular flexibility index (Phi) is 6.90. The molecule has 1 unspecified atom stereocenters. The summed E-state index contributed by atoms with van der Waals surface area (Å²) in [6.07, 6.45) is -0.102. The number of aliphatic hydroxyl groups excluding tert-OH is 1. The van der Waals surface area contributed by atoms with Crippen LogP contribution in [0.15, 0.2) is 71.6 Å². The van der Waals surface area contributed by atoms with E-state index in [0.29, 0.717) is 13.0 Å². The van der Waals surface area contributed by atoms with E-state index < -0.39 is 21.2 Å². The molecule has 0 saturated heterocycles. The number of hydrogen-bond donors (Lipinski definition) is 2. The highest BCUT2D eigenvalue weighted by molar-refractivity contribution is 7.92. The van der Waals surface area contributed by atoms with E-state index in [-0.39, 0.29) is 17.2 Å². The first kappa shape index (κ1) is 22.0. The van der Waals surface area contributed by atoms with Crippen molar-refractivity contribution >= 4 is 26.5 Å². The van der Waals surface area contributed by atoms with Crippen molar-refractivity contribution in [3.8, 4) is 0 Å². The van der Waals surface area contributed by atoms with Gasteiger partial charge in [-0.25, -0.2) is 8.42 Å². The van der Waals surface area contributed by atoms with E-state index >= 15 is 0 Å². The maximum Gasteiger partial charge on any atom is 0.224 e. The van der Waals surface area contributed by atoms with Gasteiger partial charge in [0, 0.05) is 6.54 Å². The van der Waals surface area contributed by atoms with Gasteiger partial charge in [0.15, 0.2) is 9.84 Å². The van der Waals surface area contributed by atoms with Crippen LogP contribution < -0.4 is 5.32 Å². The molecule has 0 saturated carbocycles. The van der Waals surface area contributed by atoms with Gasteiger partial charge >= 0.3 is 0 Å². The van der Waals surface area contributed by atoms with E-state index in [0.717, 1.165) is 21.9 Å². The molecule has 6 heteroatoms. The van der Waals surface area contributed by atoms with Gasteiger partial charge in [0.25, 0.3) is 0 Å². The van der Waals surface area contributed by atoms with Crippen LogP contribution in [0.4, 0.5) is 0 Å². The predicted molar refractivity (Wildman–Crippen MR) is 119 cm³/mol. The Balaban J connectivity index is 1.54. The SMILES string of the molecule is CC(C)S(=O)(=O)c1ccc(CC(=O)NCCC(O)c2cccc3ccccc23)cc1. The number of carbonyl (C=O) groups excluding carboxylic acids is 1. The number of rotatable bonds is 8. The van der Waals surface area contributed by atoms with E-state index in [2.05, 4.69) is 5.32 Å². The summed E-state index contributed by atoms with van der Waals surface area (Å²) in [5, 5.41) is 15.0. The molecule has 158 valence electrons. The lowest BCUT2D eigenvalue weighted by Crippen LogP contribution is -2.27. The Morgan fingerprint density at radius 3 is 2.33 bits per heavy atom. The van der Waals surface area contributed by atoms with E-state index in [1.54, 1.807) is 38.1 Å². The lowest BCUT2D eigenvalue weighted by atomic mass is 9.99. The van der Waals surface area contributed by atoms with Crippen molar-refractivity contribution in [2.24, 2.45) is 0 Å². The van der Waals surface area contributed by atoms with E-state index in [4.69, 9.17) is 0 Å². The van der Waals surface area contributed by atoms with Gasteiger partial charge in [-0.2, -0.15) is 0 Å². The van der Waals surface area contributed by atoms with Crippen LogP contribution in [0.5, 0.6) is 0 Å². The molecule has 1 atom stereocenters. The Morgan fingerprint density at radius 2 is 1.63 bits per heavy atom.